The lowest BCUT2D eigenvalue weighted by Crippen LogP contribution is -2.36. The van der Waals surface area contributed by atoms with Gasteiger partial charge in [-0.2, -0.15) is 0 Å². The Hall–Kier alpha value is -2.11. The molecule has 1 saturated heterocycles. The third kappa shape index (κ3) is 5.18. The van der Waals surface area contributed by atoms with Crippen LogP contribution in [0.1, 0.15) is 6.42 Å². The predicted octanol–water partition coefficient (Wildman–Crippen LogP) is 3.63. The van der Waals surface area contributed by atoms with Gasteiger partial charge in [-0.1, -0.05) is 11.6 Å². The van der Waals surface area contributed by atoms with Gasteiger partial charge >= 0.3 is 0 Å². The van der Waals surface area contributed by atoms with Crippen LogP contribution < -0.4 is 10.2 Å². The molecule has 3 rings (SSSR count). The van der Waals surface area contributed by atoms with Gasteiger partial charge in [0.15, 0.2) is 0 Å². The molecular formula is C19H21ClFN3O. The van der Waals surface area contributed by atoms with Gasteiger partial charge in [-0.25, -0.2) is 4.39 Å². The number of hydrogen-bond acceptors (Lipinski definition) is 3. The Bertz CT molecular complexity index is 706. The van der Waals surface area contributed by atoms with E-state index in [0.717, 1.165) is 44.0 Å². The van der Waals surface area contributed by atoms with Crippen molar-refractivity contribution in [2.24, 2.45) is 0 Å². The lowest BCUT2D eigenvalue weighted by Gasteiger charge is -2.23. The van der Waals surface area contributed by atoms with Crippen molar-refractivity contribution < 1.29 is 9.18 Å². The highest BCUT2D eigenvalue weighted by atomic mass is 35.5. The Balaban J connectivity index is 1.51. The van der Waals surface area contributed by atoms with E-state index in [4.69, 9.17) is 11.6 Å². The number of rotatable bonds is 4. The van der Waals surface area contributed by atoms with Crippen LogP contribution >= 0.6 is 11.6 Å². The Morgan fingerprint density at radius 3 is 2.44 bits per heavy atom. The zero-order chi connectivity index (χ0) is 17.6. The zero-order valence-electron chi connectivity index (χ0n) is 13.9. The Morgan fingerprint density at radius 2 is 1.72 bits per heavy atom. The fourth-order valence-corrected chi connectivity index (χ4v) is 3.10. The summed E-state index contributed by atoms with van der Waals surface area (Å²) in [7, 11) is 0. The van der Waals surface area contributed by atoms with E-state index in [-0.39, 0.29) is 11.7 Å². The average Bonchev–Trinajstić information content (AvgIpc) is 2.83. The molecule has 1 amide bonds. The molecule has 0 bridgehead atoms. The van der Waals surface area contributed by atoms with Crippen molar-refractivity contribution in [3.05, 3.63) is 59.4 Å². The van der Waals surface area contributed by atoms with Crippen LogP contribution in [0.4, 0.5) is 15.8 Å². The quantitative estimate of drug-likeness (QED) is 0.903. The number of halogens is 2. The molecule has 0 aliphatic carbocycles. The van der Waals surface area contributed by atoms with Crippen molar-refractivity contribution in [3.63, 3.8) is 0 Å². The first kappa shape index (κ1) is 17.7. The van der Waals surface area contributed by atoms with E-state index in [2.05, 4.69) is 15.1 Å². The molecule has 6 heteroatoms. The van der Waals surface area contributed by atoms with Crippen LogP contribution in [0, 0.1) is 5.82 Å². The summed E-state index contributed by atoms with van der Waals surface area (Å²) in [5.74, 6) is -0.253. The summed E-state index contributed by atoms with van der Waals surface area (Å²) < 4.78 is 13.1. The van der Waals surface area contributed by atoms with E-state index < -0.39 is 0 Å². The molecule has 1 aliphatic heterocycles. The third-order valence-corrected chi connectivity index (χ3v) is 4.53. The number of carbonyl (C=O) groups excluding carboxylic acids is 1. The molecule has 0 radical (unpaired) electrons. The van der Waals surface area contributed by atoms with Crippen molar-refractivity contribution in [2.45, 2.75) is 6.42 Å². The van der Waals surface area contributed by atoms with Gasteiger partial charge in [-0.05, 0) is 55.0 Å². The first-order valence-electron chi connectivity index (χ1n) is 8.38. The highest BCUT2D eigenvalue weighted by Crippen LogP contribution is 2.17. The summed E-state index contributed by atoms with van der Waals surface area (Å²) in [6.07, 6.45) is 0.964. The molecule has 1 N–H and O–H groups in total. The highest BCUT2D eigenvalue weighted by molar-refractivity contribution is 6.30. The van der Waals surface area contributed by atoms with Crippen LogP contribution in [0.3, 0.4) is 0 Å². The molecule has 25 heavy (non-hydrogen) atoms. The largest absolute Gasteiger partial charge is 0.370 e. The number of nitrogens with one attached hydrogen (secondary N) is 1. The second-order valence-electron chi connectivity index (χ2n) is 6.15. The monoisotopic (exact) mass is 361 g/mol. The fourth-order valence-electron chi connectivity index (χ4n) is 2.98. The van der Waals surface area contributed by atoms with E-state index in [1.807, 2.05) is 0 Å². The molecule has 2 aromatic rings. The van der Waals surface area contributed by atoms with Crippen molar-refractivity contribution in [2.75, 3.05) is 42.9 Å². The molecule has 132 valence electrons. The van der Waals surface area contributed by atoms with E-state index in [9.17, 15) is 9.18 Å². The minimum Gasteiger partial charge on any atom is -0.370 e. The lowest BCUT2D eigenvalue weighted by molar-refractivity contribution is -0.117. The first-order valence-corrected chi connectivity index (χ1v) is 8.76. The molecule has 0 spiro atoms. The number of anilines is 2. The summed E-state index contributed by atoms with van der Waals surface area (Å²) in [5, 5.41) is 3.54. The van der Waals surface area contributed by atoms with Gasteiger partial charge in [0.2, 0.25) is 5.91 Å². The van der Waals surface area contributed by atoms with Crippen LogP contribution in [-0.2, 0) is 4.79 Å². The predicted molar refractivity (Wildman–Crippen MR) is 99.8 cm³/mol. The number of carbonyl (C=O) groups is 1. The molecule has 4 nitrogen and oxygen atoms in total. The minimum absolute atomic E-state index is 0.0300. The van der Waals surface area contributed by atoms with Gasteiger partial charge in [0.1, 0.15) is 5.82 Å². The Labute approximate surface area is 152 Å². The van der Waals surface area contributed by atoms with Crippen LogP contribution in [-0.4, -0.2) is 43.5 Å². The maximum atomic E-state index is 13.1. The van der Waals surface area contributed by atoms with E-state index >= 15 is 0 Å². The van der Waals surface area contributed by atoms with Crippen LogP contribution in [0.2, 0.25) is 5.02 Å². The molecule has 2 aromatic carbocycles. The summed E-state index contributed by atoms with van der Waals surface area (Å²) in [6, 6.07) is 13.7. The molecule has 0 saturated carbocycles. The molecule has 0 unspecified atom stereocenters. The summed E-state index contributed by atoms with van der Waals surface area (Å²) in [4.78, 5) is 16.6. The molecule has 1 aliphatic rings. The van der Waals surface area contributed by atoms with Gasteiger partial charge in [0, 0.05) is 42.6 Å². The molecular weight excluding hydrogens is 341 g/mol. The van der Waals surface area contributed by atoms with Crippen LogP contribution in [0.5, 0.6) is 0 Å². The van der Waals surface area contributed by atoms with Gasteiger partial charge in [-0.15, -0.1) is 0 Å². The Kier molecular flexibility index (Phi) is 5.89. The summed E-state index contributed by atoms with van der Waals surface area (Å²) in [6.45, 7) is 3.75. The van der Waals surface area contributed by atoms with Crippen molar-refractivity contribution in [3.8, 4) is 0 Å². The fraction of sp³-hybridized carbons (Fsp3) is 0.316. The number of nitrogens with zero attached hydrogens (tertiary/aromatic N) is 2. The standard InChI is InChI=1S/C19H21ClFN3O/c20-15-2-6-17(7-3-15)22-19(25)14-23-10-1-11-24(13-12-23)18-8-4-16(21)5-9-18/h2-9H,1,10-14H2,(H,22,25). The second kappa shape index (κ2) is 8.32. The second-order valence-corrected chi connectivity index (χ2v) is 6.58. The molecule has 0 aromatic heterocycles. The van der Waals surface area contributed by atoms with Crippen molar-refractivity contribution >= 4 is 28.9 Å². The first-order chi connectivity index (χ1) is 12.1. The SMILES string of the molecule is O=C(CN1CCCN(c2ccc(F)cc2)CC1)Nc1ccc(Cl)cc1. The molecule has 1 heterocycles. The topological polar surface area (TPSA) is 35.6 Å². The Morgan fingerprint density at radius 1 is 1.00 bits per heavy atom. The summed E-state index contributed by atoms with van der Waals surface area (Å²) >= 11 is 5.85. The number of hydrogen-bond donors (Lipinski definition) is 1. The zero-order valence-corrected chi connectivity index (χ0v) is 14.7. The van der Waals surface area contributed by atoms with Crippen LogP contribution in [0.15, 0.2) is 48.5 Å². The van der Waals surface area contributed by atoms with Gasteiger partial charge in [0.05, 0.1) is 6.54 Å². The number of amides is 1. The van der Waals surface area contributed by atoms with Gasteiger partial charge in [-0.3, -0.25) is 9.69 Å². The third-order valence-electron chi connectivity index (χ3n) is 4.28. The minimum atomic E-state index is -0.223. The van der Waals surface area contributed by atoms with Crippen molar-refractivity contribution in [1.29, 1.82) is 0 Å². The van der Waals surface area contributed by atoms with Crippen LogP contribution in [0.25, 0.3) is 0 Å². The number of benzene rings is 2. The van der Waals surface area contributed by atoms with E-state index in [1.165, 1.54) is 12.1 Å². The van der Waals surface area contributed by atoms with E-state index in [1.54, 1.807) is 36.4 Å². The average molecular weight is 362 g/mol. The van der Waals surface area contributed by atoms with Gasteiger partial charge < -0.3 is 10.2 Å². The molecule has 1 fully saturated rings. The molecule has 0 atom stereocenters. The summed E-state index contributed by atoms with van der Waals surface area (Å²) in [5.41, 5.74) is 1.77. The van der Waals surface area contributed by atoms with Gasteiger partial charge in [0.25, 0.3) is 0 Å². The lowest BCUT2D eigenvalue weighted by atomic mass is 10.2. The van der Waals surface area contributed by atoms with Crippen molar-refractivity contribution in [1.82, 2.24) is 4.90 Å². The normalized spacial score (nSPS) is 15.7. The maximum Gasteiger partial charge on any atom is 0.238 e. The highest BCUT2D eigenvalue weighted by Gasteiger charge is 2.17. The van der Waals surface area contributed by atoms with E-state index in [0.29, 0.717) is 11.6 Å². The maximum absolute atomic E-state index is 13.1. The smallest absolute Gasteiger partial charge is 0.238 e.